The number of carbonyl (C=O) groups is 2. The van der Waals surface area contributed by atoms with Crippen molar-refractivity contribution in [2.24, 2.45) is 5.41 Å². The Balaban J connectivity index is 1.48. The largest absolute Gasteiger partial charge is 0.497 e. The minimum atomic E-state index is -3.06. The van der Waals surface area contributed by atoms with Crippen molar-refractivity contribution in [3.63, 3.8) is 0 Å². The van der Waals surface area contributed by atoms with E-state index in [-0.39, 0.29) is 29.4 Å². The fraction of sp³-hybridized carbons (Fsp3) is 0.556. The lowest BCUT2D eigenvalue weighted by Gasteiger charge is -2.18. The summed E-state index contributed by atoms with van der Waals surface area (Å²) in [4.78, 5) is 24.9. The maximum absolute atomic E-state index is 12.5. The average Bonchev–Trinajstić information content (AvgIpc) is 3.36. The van der Waals surface area contributed by atoms with E-state index in [0.29, 0.717) is 32.2 Å². The van der Waals surface area contributed by atoms with E-state index >= 15 is 0 Å². The lowest BCUT2D eigenvalue weighted by atomic mass is 10.0. The monoisotopic (exact) mass is 380 g/mol. The highest BCUT2D eigenvalue weighted by Gasteiger charge is 2.56. The van der Waals surface area contributed by atoms with E-state index in [0.717, 1.165) is 11.3 Å². The van der Waals surface area contributed by atoms with Crippen LogP contribution in [-0.4, -0.2) is 51.4 Å². The summed E-state index contributed by atoms with van der Waals surface area (Å²) in [7, 11) is -1.45. The van der Waals surface area contributed by atoms with Gasteiger partial charge in [-0.2, -0.15) is 0 Å². The van der Waals surface area contributed by atoms with E-state index in [1.165, 1.54) is 0 Å². The normalized spacial score (nSPS) is 22.4. The third-order valence-electron chi connectivity index (χ3n) is 5.05. The van der Waals surface area contributed by atoms with Crippen LogP contribution in [0.5, 0.6) is 5.75 Å². The molecule has 1 aromatic carbocycles. The number of methoxy groups -OCH3 is 1. The fourth-order valence-electron chi connectivity index (χ4n) is 3.20. The first-order valence-corrected chi connectivity index (χ1v) is 10.6. The molecule has 0 spiro atoms. The molecule has 1 saturated heterocycles. The molecule has 1 atom stereocenters. The zero-order valence-electron chi connectivity index (χ0n) is 14.8. The Morgan fingerprint density at radius 2 is 1.88 bits per heavy atom. The van der Waals surface area contributed by atoms with E-state index in [1.807, 2.05) is 24.3 Å². The molecule has 0 bridgehead atoms. The lowest BCUT2D eigenvalue weighted by Crippen LogP contribution is -2.47. The number of rotatable bonds is 7. The smallest absolute Gasteiger partial charge is 0.235 e. The SMILES string of the molecule is COc1ccc(CCNC(=O)C2(C(=O)NC3CCS(=O)(=O)C3)CC2)cc1. The first-order chi connectivity index (χ1) is 12.3. The zero-order valence-corrected chi connectivity index (χ0v) is 15.6. The van der Waals surface area contributed by atoms with Crippen molar-refractivity contribution in [2.75, 3.05) is 25.2 Å². The summed E-state index contributed by atoms with van der Waals surface area (Å²) in [5.41, 5.74) is 0.0447. The van der Waals surface area contributed by atoms with Gasteiger partial charge < -0.3 is 15.4 Å². The second kappa shape index (κ2) is 7.26. The van der Waals surface area contributed by atoms with Crippen LogP contribution in [0.1, 0.15) is 24.8 Å². The molecule has 2 fully saturated rings. The van der Waals surface area contributed by atoms with Gasteiger partial charge in [-0.1, -0.05) is 12.1 Å². The highest BCUT2D eigenvalue weighted by Crippen LogP contribution is 2.46. The van der Waals surface area contributed by atoms with Crippen molar-refractivity contribution in [1.29, 1.82) is 0 Å². The first-order valence-electron chi connectivity index (χ1n) is 8.77. The molecule has 142 valence electrons. The number of ether oxygens (including phenoxy) is 1. The highest BCUT2D eigenvalue weighted by atomic mass is 32.2. The maximum atomic E-state index is 12.5. The van der Waals surface area contributed by atoms with Crippen molar-refractivity contribution < 1.29 is 22.7 Å². The molecule has 7 nitrogen and oxygen atoms in total. The van der Waals surface area contributed by atoms with E-state index in [4.69, 9.17) is 4.74 Å². The van der Waals surface area contributed by atoms with E-state index < -0.39 is 15.3 Å². The average molecular weight is 380 g/mol. The van der Waals surface area contributed by atoms with Crippen LogP contribution in [-0.2, 0) is 25.8 Å². The molecule has 1 heterocycles. The van der Waals surface area contributed by atoms with Gasteiger partial charge in [0.05, 0.1) is 18.6 Å². The minimum absolute atomic E-state index is 0.0338. The van der Waals surface area contributed by atoms with Crippen LogP contribution < -0.4 is 15.4 Å². The van der Waals surface area contributed by atoms with Crippen molar-refractivity contribution >= 4 is 21.7 Å². The van der Waals surface area contributed by atoms with Gasteiger partial charge in [-0.25, -0.2) is 8.42 Å². The molecule has 2 N–H and O–H groups in total. The predicted octanol–water partition coefficient (Wildman–Crippen LogP) is 0.437. The number of benzene rings is 1. The molecular formula is C18H24N2O5S. The van der Waals surface area contributed by atoms with Gasteiger partial charge in [0.2, 0.25) is 11.8 Å². The second-order valence-electron chi connectivity index (χ2n) is 7.01. The van der Waals surface area contributed by atoms with Gasteiger partial charge in [-0.05, 0) is 43.4 Å². The van der Waals surface area contributed by atoms with Gasteiger partial charge in [0, 0.05) is 12.6 Å². The van der Waals surface area contributed by atoms with Crippen molar-refractivity contribution in [3.05, 3.63) is 29.8 Å². The quantitative estimate of drug-likeness (QED) is 0.669. The van der Waals surface area contributed by atoms with E-state index in [1.54, 1.807) is 7.11 Å². The molecule has 2 amide bonds. The Hall–Kier alpha value is -2.09. The summed E-state index contributed by atoms with van der Waals surface area (Å²) >= 11 is 0. The van der Waals surface area contributed by atoms with Crippen molar-refractivity contribution in [2.45, 2.75) is 31.7 Å². The van der Waals surface area contributed by atoms with Crippen LogP contribution in [0.3, 0.4) is 0 Å². The van der Waals surface area contributed by atoms with Gasteiger partial charge in [0.15, 0.2) is 9.84 Å². The number of amides is 2. The fourth-order valence-corrected chi connectivity index (χ4v) is 4.87. The molecule has 26 heavy (non-hydrogen) atoms. The maximum Gasteiger partial charge on any atom is 0.235 e. The number of hydrogen-bond donors (Lipinski definition) is 2. The lowest BCUT2D eigenvalue weighted by molar-refractivity contribution is -0.137. The van der Waals surface area contributed by atoms with Gasteiger partial charge in [-0.3, -0.25) is 9.59 Å². The molecule has 0 radical (unpaired) electrons. The van der Waals surface area contributed by atoms with E-state index in [9.17, 15) is 18.0 Å². The minimum Gasteiger partial charge on any atom is -0.497 e. The summed E-state index contributed by atoms with van der Waals surface area (Å²) in [6, 6.07) is 7.22. The molecule has 1 unspecified atom stereocenters. The molecule has 2 aliphatic rings. The molecule has 1 aliphatic heterocycles. The van der Waals surface area contributed by atoms with Crippen LogP contribution >= 0.6 is 0 Å². The third-order valence-corrected chi connectivity index (χ3v) is 6.81. The summed E-state index contributed by atoms with van der Waals surface area (Å²) < 4.78 is 28.1. The third kappa shape index (κ3) is 4.17. The Morgan fingerprint density at radius 1 is 1.19 bits per heavy atom. The highest BCUT2D eigenvalue weighted by molar-refractivity contribution is 7.91. The Bertz CT molecular complexity index is 784. The van der Waals surface area contributed by atoms with Crippen molar-refractivity contribution in [1.82, 2.24) is 10.6 Å². The van der Waals surface area contributed by atoms with Crippen molar-refractivity contribution in [3.8, 4) is 5.75 Å². The first kappa shape index (κ1) is 18.7. The summed E-state index contributed by atoms with van der Waals surface area (Å²) in [6.07, 6.45) is 2.09. The molecular weight excluding hydrogens is 356 g/mol. The summed E-state index contributed by atoms with van der Waals surface area (Å²) in [5.74, 6) is 0.221. The standard InChI is InChI=1S/C18H24N2O5S/c1-25-15-4-2-13(3-5-15)6-10-19-16(21)18(8-9-18)17(22)20-14-7-11-26(23,24)12-14/h2-5,14H,6-12H2,1H3,(H,19,21)(H,20,22). The Morgan fingerprint density at radius 3 is 2.42 bits per heavy atom. The zero-order chi connectivity index (χ0) is 18.8. The number of carbonyl (C=O) groups excluding carboxylic acids is 2. The Labute approximate surface area is 153 Å². The van der Waals surface area contributed by atoms with Crippen LogP contribution in [0.25, 0.3) is 0 Å². The summed E-state index contributed by atoms with van der Waals surface area (Å²) in [6.45, 7) is 0.442. The van der Waals surface area contributed by atoms with Gasteiger partial charge in [0.25, 0.3) is 0 Å². The molecule has 0 aromatic heterocycles. The van der Waals surface area contributed by atoms with Crippen LogP contribution in [0.15, 0.2) is 24.3 Å². The number of nitrogens with one attached hydrogen (secondary N) is 2. The number of sulfone groups is 1. The predicted molar refractivity (Wildman–Crippen MR) is 96.6 cm³/mol. The molecule has 1 aliphatic carbocycles. The topological polar surface area (TPSA) is 102 Å². The molecule has 3 rings (SSSR count). The van der Waals surface area contributed by atoms with Crippen LogP contribution in [0, 0.1) is 5.41 Å². The Kier molecular flexibility index (Phi) is 5.22. The van der Waals surface area contributed by atoms with Gasteiger partial charge in [-0.15, -0.1) is 0 Å². The van der Waals surface area contributed by atoms with E-state index in [2.05, 4.69) is 10.6 Å². The second-order valence-corrected chi connectivity index (χ2v) is 9.24. The van der Waals surface area contributed by atoms with Gasteiger partial charge in [0.1, 0.15) is 11.2 Å². The molecule has 1 aromatic rings. The molecule has 8 heteroatoms. The van der Waals surface area contributed by atoms with Crippen LogP contribution in [0.4, 0.5) is 0 Å². The summed E-state index contributed by atoms with van der Waals surface area (Å²) in [5, 5.41) is 5.58. The van der Waals surface area contributed by atoms with Crippen LogP contribution in [0.2, 0.25) is 0 Å². The molecule has 1 saturated carbocycles. The number of hydrogen-bond acceptors (Lipinski definition) is 5. The van der Waals surface area contributed by atoms with Gasteiger partial charge >= 0.3 is 0 Å².